The molecule has 0 bridgehead atoms. The Labute approximate surface area is 199 Å². The van der Waals surface area contributed by atoms with Gasteiger partial charge in [0.25, 0.3) is 17.6 Å². The lowest BCUT2D eigenvalue weighted by atomic mass is 10.0. The number of sulfonamides is 1. The number of carbonyl (C=O) groups excluding carboxylic acids is 4. The van der Waals surface area contributed by atoms with Crippen molar-refractivity contribution >= 4 is 44.3 Å². The van der Waals surface area contributed by atoms with Crippen LogP contribution in [0.2, 0.25) is 0 Å². The molecule has 4 rings (SSSR count). The monoisotopic (exact) mass is 500 g/mol. The number of hydrogen-bond donors (Lipinski definition) is 2. The topological polar surface area (TPSA) is 151 Å². The minimum atomic E-state index is -4.13. The van der Waals surface area contributed by atoms with Crippen LogP contribution >= 0.6 is 0 Å². The minimum Gasteiger partial charge on any atom is -0.360 e. The highest BCUT2D eigenvalue weighted by molar-refractivity contribution is 7.89. The molecule has 182 valence electrons. The lowest BCUT2D eigenvalue weighted by molar-refractivity contribution is -0.127. The van der Waals surface area contributed by atoms with Crippen molar-refractivity contribution in [2.45, 2.75) is 0 Å². The number of aromatic amines is 1. The van der Waals surface area contributed by atoms with E-state index in [1.807, 2.05) is 0 Å². The number of benzene rings is 2. The van der Waals surface area contributed by atoms with Gasteiger partial charge < -0.3 is 14.8 Å². The minimum absolute atomic E-state index is 0.104. The van der Waals surface area contributed by atoms with Gasteiger partial charge in [-0.3, -0.25) is 19.2 Å². The number of ketones is 2. The van der Waals surface area contributed by atoms with Crippen LogP contribution in [0.15, 0.2) is 48.7 Å². The molecule has 1 saturated heterocycles. The number of halogens is 1. The fraction of sp³-hybridized carbons (Fsp3) is 0.217. The van der Waals surface area contributed by atoms with Crippen molar-refractivity contribution in [2.24, 2.45) is 5.14 Å². The van der Waals surface area contributed by atoms with Crippen LogP contribution in [0.25, 0.3) is 10.9 Å². The third-order valence-electron chi connectivity index (χ3n) is 5.73. The van der Waals surface area contributed by atoms with Gasteiger partial charge in [0.2, 0.25) is 10.0 Å². The van der Waals surface area contributed by atoms with E-state index in [9.17, 15) is 32.0 Å². The fourth-order valence-electron chi connectivity index (χ4n) is 4.01. The molecule has 2 amide bonds. The molecule has 0 atom stereocenters. The van der Waals surface area contributed by atoms with E-state index in [1.54, 1.807) is 35.2 Å². The summed E-state index contributed by atoms with van der Waals surface area (Å²) in [6.07, 6.45) is 1.11. The smallest absolute Gasteiger partial charge is 0.295 e. The first-order valence-electron chi connectivity index (χ1n) is 10.6. The largest absolute Gasteiger partial charge is 0.360 e. The summed E-state index contributed by atoms with van der Waals surface area (Å²) < 4.78 is 37.2. The van der Waals surface area contributed by atoms with Crippen molar-refractivity contribution in [2.75, 3.05) is 31.9 Å². The summed E-state index contributed by atoms with van der Waals surface area (Å²) in [4.78, 5) is 56.2. The quantitative estimate of drug-likeness (QED) is 0.380. The molecule has 3 N–H and O–H groups in total. The van der Waals surface area contributed by atoms with Gasteiger partial charge in [0, 0.05) is 48.9 Å². The average Bonchev–Trinajstić information content (AvgIpc) is 3.28. The van der Waals surface area contributed by atoms with E-state index in [-0.39, 0.29) is 54.1 Å². The third kappa shape index (κ3) is 4.98. The van der Waals surface area contributed by atoms with Crippen molar-refractivity contribution in [1.29, 1.82) is 0 Å². The molecule has 3 aromatic rings. The van der Waals surface area contributed by atoms with Gasteiger partial charge in [-0.15, -0.1) is 0 Å². The number of primary sulfonamides is 1. The lowest BCUT2D eigenvalue weighted by Crippen LogP contribution is -2.52. The van der Waals surface area contributed by atoms with E-state index < -0.39 is 39.1 Å². The number of amides is 2. The number of fused-ring (bicyclic) bond motifs is 1. The Bertz CT molecular complexity index is 1440. The number of carbonyl (C=O) groups is 4. The highest BCUT2D eigenvalue weighted by atomic mass is 32.2. The van der Waals surface area contributed by atoms with Crippen LogP contribution in [-0.4, -0.2) is 78.5 Å². The van der Waals surface area contributed by atoms with Gasteiger partial charge in [0.1, 0.15) is 11.6 Å². The van der Waals surface area contributed by atoms with Gasteiger partial charge in [-0.1, -0.05) is 18.2 Å². The van der Waals surface area contributed by atoms with Gasteiger partial charge >= 0.3 is 0 Å². The normalized spacial score (nSPS) is 14.2. The molecule has 1 aromatic heterocycles. The fourth-order valence-corrected chi connectivity index (χ4v) is 4.53. The molecular weight excluding hydrogens is 479 g/mol. The number of rotatable bonds is 6. The first kappa shape index (κ1) is 24.2. The number of aromatic nitrogens is 1. The third-order valence-corrected chi connectivity index (χ3v) is 6.40. The van der Waals surface area contributed by atoms with E-state index >= 15 is 0 Å². The Morgan fingerprint density at radius 3 is 2.17 bits per heavy atom. The van der Waals surface area contributed by atoms with Gasteiger partial charge in [-0.25, -0.2) is 17.9 Å². The molecule has 1 aliphatic heterocycles. The lowest BCUT2D eigenvalue weighted by Gasteiger charge is -2.34. The van der Waals surface area contributed by atoms with E-state index in [0.29, 0.717) is 5.56 Å². The highest BCUT2D eigenvalue weighted by Crippen LogP contribution is 2.26. The van der Waals surface area contributed by atoms with Crippen LogP contribution in [0, 0.1) is 5.82 Å². The first-order valence-corrected chi connectivity index (χ1v) is 12.3. The molecule has 0 spiro atoms. The molecule has 1 fully saturated rings. The summed E-state index contributed by atoms with van der Waals surface area (Å²) in [5.41, 5.74) is -0.0380. The van der Waals surface area contributed by atoms with Crippen LogP contribution in [0.5, 0.6) is 0 Å². The number of nitrogens with one attached hydrogen (secondary N) is 1. The van der Waals surface area contributed by atoms with E-state index in [0.717, 1.165) is 18.3 Å². The van der Waals surface area contributed by atoms with Crippen LogP contribution in [0.3, 0.4) is 0 Å². The highest BCUT2D eigenvalue weighted by Gasteiger charge is 2.31. The SMILES string of the molecule is NS(=O)(=O)CC(=O)c1ccc(F)c2c(C(=O)C(=O)N3CCN(C(=O)c4ccccc4)CC3)c[nH]c12. The molecule has 1 aliphatic rings. The second-order valence-electron chi connectivity index (χ2n) is 8.06. The molecule has 0 saturated carbocycles. The molecular formula is C23H21FN4O6S. The Hall–Kier alpha value is -3.90. The van der Waals surface area contributed by atoms with Gasteiger partial charge in [0.15, 0.2) is 5.78 Å². The summed E-state index contributed by atoms with van der Waals surface area (Å²) >= 11 is 0. The van der Waals surface area contributed by atoms with Crippen LogP contribution in [0.1, 0.15) is 31.1 Å². The maximum atomic E-state index is 14.6. The summed E-state index contributed by atoms with van der Waals surface area (Å²) in [7, 11) is -4.13. The molecule has 2 aromatic carbocycles. The molecule has 35 heavy (non-hydrogen) atoms. The van der Waals surface area contributed by atoms with Crippen molar-refractivity contribution in [3.63, 3.8) is 0 Å². The molecule has 2 heterocycles. The number of H-pyrrole nitrogens is 1. The molecule has 0 radical (unpaired) electrons. The predicted molar refractivity (Wildman–Crippen MR) is 124 cm³/mol. The van der Waals surface area contributed by atoms with Crippen molar-refractivity contribution < 1.29 is 32.0 Å². The van der Waals surface area contributed by atoms with Crippen LogP contribution in [0.4, 0.5) is 4.39 Å². The number of piperazine rings is 1. The Balaban J connectivity index is 1.52. The van der Waals surface area contributed by atoms with E-state index in [2.05, 4.69) is 4.98 Å². The molecule has 12 heteroatoms. The Morgan fingerprint density at radius 1 is 0.914 bits per heavy atom. The number of nitrogens with zero attached hydrogens (tertiary/aromatic N) is 2. The maximum absolute atomic E-state index is 14.6. The molecule has 0 aliphatic carbocycles. The number of nitrogens with two attached hydrogens (primary N) is 1. The zero-order valence-electron chi connectivity index (χ0n) is 18.4. The first-order chi connectivity index (χ1) is 16.6. The molecule has 0 unspecified atom stereocenters. The van der Waals surface area contributed by atoms with Crippen LogP contribution in [-0.2, 0) is 14.8 Å². The second-order valence-corrected chi connectivity index (χ2v) is 9.67. The summed E-state index contributed by atoms with van der Waals surface area (Å²) in [5.74, 6) is -4.79. The van der Waals surface area contributed by atoms with E-state index in [4.69, 9.17) is 5.14 Å². The zero-order chi connectivity index (χ0) is 25.3. The average molecular weight is 501 g/mol. The zero-order valence-corrected chi connectivity index (χ0v) is 19.2. The Morgan fingerprint density at radius 2 is 1.54 bits per heavy atom. The molecule has 10 nitrogen and oxygen atoms in total. The van der Waals surface area contributed by atoms with Gasteiger partial charge in [-0.05, 0) is 24.3 Å². The summed E-state index contributed by atoms with van der Waals surface area (Å²) in [5, 5.41) is 4.63. The van der Waals surface area contributed by atoms with E-state index in [1.165, 1.54) is 4.90 Å². The predicted octanol–water partition coefficient (Wildman–Crippen LogP) is 0.946. The standard InChI is InChI=1S/C23H21FN4O6S/c24-17-7-6-15(18(29)13-35(25,33)34)20-19(17)16(12-26-20)21(30)23(32)28-10-8-27(9-11-28)22(31)14-4-2-1-3-5-14/h1-7,12,26H,8-11,13H2,(H2,25,33,34). The second kappa shape index (κ2) is 9.39. The van der Waals surface area contributed by atoms with Crippen molar-refractivity contribution in [3.8, 4) is 0 Å². The Kier molecular flexibility index (Phi) is 6.50. The van der Waals surface area contributed by atoms with Crippen molar-refractivity contribution in [1.82, 2.24) is 14.8 Å². The van der Waals surface area contributed by atoms with Gasteiger partial charge in [0.05, 0.1) is 11.1 Å². The summed E-state index contributed by atoms with van der Waals surface area (Å²) in [6, 6.07) is 10.7. The van der Waals surface area contributed by atoms with Gasteiger partial charge in [-0.2, -0.15) is 0 Å². The summed E-state index contributed by atoms with van der Waals surface area (Å²) in [6.45, 7) is 0.681. The van der Waals surface area contributed by atoms with Crippen molar-refractivity contribution in [3.05, 3.63) is 71.2 Å². The number of hydrogen-bond acceptors (Lipinski definition) is 6. The van der Waals surface area contributed by atoms with Crippen LogP contribution < -0.4 is 5.14 Å². The number of Topliss-reactive ketones (excluding diaryl/α,β-unsaturated/α-hetero) is 2. The maximum Gasteiger partial charge on any atom is 0.295 e.